The zero-order valence-corrected chi connectivity index (χ0v) is 15.9. The van der Waals surface area contributed by atoms with Gasteiger partial charge in [-0.15, -0.1) is 0 Å². The van der Waals surface area contributed by atoms with E-state index >= 15 is 0 Å². The number of para-hydroxylation sites is 1. The number of morpholine rings is 1. The van der Waals surface area contributed by atoms with Crippen LogP contribution in [0.4, 0.5) is 10.1 Å². The van der Waals surface area contributed by atoms with Gasteiger partial charge in [-0.05, 0) is 29.8 Å². The Morgan fingerprint density at radius 1 is 0.897 bits per heavy atom. The molecular formula is C22H22FN3O3. The van der Waals surface area contributed by atoms with Crippen molar-refractivity contribution in [3.63, 3.8) is 0 Å². The highest BCUT2D eigenvalue weighted by molar-refractivity contribution is 6.36. The average Bonchev–Trinajstić information content (AvgIpc) is 2.98. The Bertz CT molecular complexity index is 922. The number of rotatable bonds is 6. The van der Waals surface area contributed by atoms with E-state index in [-0.39, 0.29) is 23.1 Å². The summed E-state index contributed by atoms with van der Waals surface area (Å²) < 4.78 is 18.7. The van der Waals surface area contributed by atoms with Gasteiger partial charge in [0.05, 0.1) is 18.8 Å². The van der Waals surface area contributed by atoms with Crippen LogP contribution in [-0.4, -0.2) is 61.0 Å². The van der Waals surface area contributed by atoms with Crippen molar-refractivity contribution in [2.45, 2.75) is 0 Å². The molecule has 0 saturated carbocycles. The molecule has 1 saturated heterocycles. The highest BCUT2D eigenvalue weighted by Gasteiger charge is 2.39. The number of carbonyl (C=O) groups excluding carboxylic acids is 2. The fourth-order valence-electron chi connectivity index (χ4n) is 3.51. The lowest BCUT2D eigenvalue weighted by Crippen LogP contribution is -2.43. The molecule has 1 N–H and O–H groups in total. The minimum absolute atomic E-state index is 0.217. The summed E-state index contributed by atoms with van der Waals surface area (Å²) in [6, 6.07) is 14.8. The molecule has 2 aliphatic rings. The summed E-state index contributed by atoms with van der Waals surface area (Å²) in [5.41, 5.74) is 1.70. The van der Waals surface area contributed by atoms with Crippen LogP contribution in [0.3, 0.4) is 0 Å². The van der Waals surface area contributed by atoms with Crippen LogP contribution < -0.4 is 5.32 Å². The van der Waals surface area contributed by atoms with E-state index in [0.717, 1.165) is 13.1 Å². The summed E-state index contributed by atoms with van der Waals surface area (Å²) in [5.74, 6) is -1.13. The van der Waals surface area contributed by atoms with E-state index < -0.39 is 5.82 Å². The lowest BCUT2D eigenvalue weighted by Gasteiger charge is -2.28. The summed E-state index contributed by atoms with van der Waals surface area (Å²) in [6.45, 7) is 3.76. The summed E-state index contributed by atoms with van der Waals surface area (Å²) in [7, 11) is 0. The molecule has 7 heteroatoms. The SMILES string of the molecule is O=C1C(Nc2ccccc2)=C(c2ccc(F)cc2)C(=O)N1CCN1CCOCC1. The van der Waals surface area contributed by atoms with Crippen molar-refractivity contribution in [2.24, 2.45) is 0 Å². The summed E-state index contributed by atoms with van der Waals surface area (Å²) in [6.07, 6.45) is 0. The van der Waals surface area contributed by atoms with Gasteiger partial charge >= 0.3 is 0 Å². The lowest BCUT2D eigenvalue weighted by molar-refractivity contribution is -0.137. The van der Waals surface area contributed by atoms with E-state index in [1.54, 1.807) is 0 Å². The van der Waals surface area contributed by atoms with E-state index in [1.165, 1.54) is 29.2 Å². The fourth-order valence-corrected chi connectivity index (χ4v) is 3.51. The van der Waals surface area contributed by atoms with Crippen molar-refractivity contribution < 1.29 is 18.7 Å². The molecule has 150 valence electrons. The first-order valence-electron chi connectivity index (χ1n) is 9.62. The van der Waals surface area contributed by atoms with Crippen molar-refractivity contribution in [2.75, 3.05) is 44.7 Å². The fraction of sp³-hybridized carbons (Fsp3) is 0.273. The lowest BCUT2D eigenvalue weighted by atomic mass is 10.0. The number of benzene rings is 2. The third-order valence-corrected chi connectivity index (χ3v) is 5.09. The second-order valence-corrected chi connectivity index (χ2v) is 6.96. The van der Waals surface area contributed by atoms with Gasteiger partial charge in [0, 0.05) is 31.9 Å². The van der Waals surface area contributed by atoms with Crippen LogP contribution in [0, 0.1) is 5.82 Å². The Balaban J connectivity index is 1.61. The van der Waals surface area contributed by atoms with Crippen LogP contribution in [0.15, 0.2) is 60.3 Å². The van der Waals surface area contributed by atoms with Crippen LogP contribution in [0.25, 0.3) is 5.57 Å². The predicted octanol–water partition coefficient (Wildman–Crippen LogP) is 2.35. The number of carbonyl (C=O) groups is 2. The second-order valence-electron chi connectivity index (χ2n) is 6.96. The molecule has 0 atom stereocenters. The predicted molar refractivity (Wildman–Crippen MR) is 107 cm³/mol. The monoisotopic (exact) mass is 395 g/mol. The molecule has 0 radical (unpaired) electrons. The summed E-state index contributed by atoms with van der Waals surface area (Å²) >= 11 is 0. The third-order valence-electron chi connectivity index (χ3n) is 5.09. The van der Waals surface area contributed by atoms with Crippen molar-refractivity contribution >= 4 is 23.1 Å². The van der Waals surface area contributed by atoms with Gasteiger partial charge < -0.3 is 10.1 Å². The van der Waals surface area contributed by atoms with Crippen LogP contribution in [0.1, 0.15) is 5.56 Å². The minimum atomic E-state index is -0.395. The first-order chi connectivity index (χ1) is 14.1. The Labute approximate surface area is 168 Å². The number of nitrogens with one attached hydrogen (secondary N) is 1. The van der Waals surface area contributed by atoms with E-state index in [9.17, 15) is 14.0 Å². The minimum Gasteiger partial charge on any atom is -0.379 e. The first-order valence-corrected chi connectivity index (χ1v) is 9.62. The molecular weight excluding hydrogens is 373 g/mol. The molecule has 0 aliphatic carbocycles. The van der Waals surface area contributed by atoms with E-state index in [0.29, 0.717) is 37.6 Å². The van der Waals surface area contributed by atoms with Crippen LogP contribution in [-0.2, 0) is 14.3 Å². The van der Waals surface area contributed by atoms with Gasteiger partial charge in [-0.25, -0.2) is 4.39 Å². The number of halogens is 1. The molecule has 1 fully saturated rings. The zero-order chi connectivity index (χ0) is 20.2. The molecule has 0 unspecified atom stereocenters. The Morgan fingerprint density at radius 2 is 1.59 bits per heavy atom. The number of amides is 2. The molecule has 0 aromatic heterocycles. The second kappa shape index (κ2) is 8.55. The zero-order valence-electron chi connectivity index (χ0n) is 15.9. The van der Waals surface area contributed by atoms with Crippen LogP contribution >= 0.6 is 0 Å². The summed E-state index contributed by atoms with van der Waals surface area (Å²) in [5, 5.41) is 3.09. The van der Waals surface area contributed by atoms with Gasteiger partial charge in [0.15, 0.2) is 0 Å². The van der Waals surface area contributed by atoms with Gasteiger partial charge in [-0.2, -0.15) is 0 Å². The van der Waals surface area contributed by atoms with E-state index in [4.69, 9.17) is 4.74 Å². The Hall–Kier alpha value is -3.03. The molecule has 0 spiro atoms. The van der Waals surface area contributed by atoms with Crippen molar-refractivity contribution in [1.82, 2.24) is 9.80 Å². The Morgan fingerprint density at radius 3 is 2.28 bits per heavy atom. The highest BCUT2D eigenvalue weighted by atomic mass is 19.1. The van der Waals surface area contributed by atoms with Gasteiger partial charge in [0.25, 0.3) is 11.8 Å². The molecule has 0 bridgehead atoms. The normalized spacial score (nSPS) is 17.9. The topological polar surface area (TPSA) is 61.9 Å². The van der Waals surface area contributed by atoms with Crippen molar-refractivity contribution in [1.29, 1.82) is 0 Å². The number of anilines is 1. The maximum atomic E-state index is 13.4. The van der Waals surface area contributed by atoms with Crippen molar-refractivity contribution in [3.05, 3.63) is 71.7 Å². The van der Waals surface area contributed by atoms with Gasteiger partial charge in [-0.1, -0.05) is 30.3 Å². The van der Waals surface area contributed by atoms with E-state index in [1.807, 2.05) is 30.3 Å². The molecule has 2 aromatic carbocycles. The quantitative estimate of drug-likeness (QED) is 0.761. The largest absolute Gasteiger partial charge is 0.379 e. The van der Waals surface area contributed by atoms with Crippen molar-refractivity contribution in [3.8, 4) is 0 Å². The van der Waals surface area contributed by atoms with Gasteiger partial charge in [0.2, 0.25) is 0 Å². The molecule has 2 aliphatic heterocycles. The molecule has 2 amide bonds. The molecule has 2 heterocycles. The van der Waals surface area contributed by atoms with Gasteiger partial charge in [-0.3, -0.25) is 19.4 Å². The summed E-state index contributed by atoms with van der Waals surface area (Å²) in [4.78, 5) is 29.7. The highest BCUT2D eigenvalue weighted by Crippen LogP contribution is 2.30. The number of imide groups is 1. The number of hydrogen-bond acceptors (Lipinski definition) is 5. The molecule has 2 aromatic rings. The number of ether oxygens (including phenoxy) is 1. The smallest absolute Gasteiger partial charge is 0.278 e. The standard InChI is InChI=1S/C22H22FN3O3/c23-17-8-6-16(7-9-17)19-20(24-18-4-2-1-3-5-18)22(28)26(21(19)27)11-10-25-12-14-29-15-13-25/h1-9,24H,10-15H2. The first kappa shape index (κ1) is 19.3. The molecule has 4 rings (SSSR count). The number of hydrogen-bond donors (Lipinski definition) is 1. The maximum Gasteiger partial charge on any atom is 0.278 e. The maximum absolute atomic E-state index is 13.4. The molecule has 6 nitrogen and oxygen atoms in total. The third kappa shape index (κ3) is 4.21. The average molecular weight is 395 g/mol. The number of nitrogens with zero attached hydrogens (tertiary/aromatic N) is 2. The Kier molecular flexibility index (Phi) is 5.69. The van der Waals surface area contributed by atoms with E-state index in [2.05, 4.69) is 10.2 Å². The van der Waals surface area contributed by atoms with Crippen LogP contribution in [0.5, 0.6) is 0 Å². The molecule has 29 heavy (non-hydrogen) atoms. The van der Waals surface area contributed by atoms with Crippen LogP contribution in [0.2, 0.25) is 0 Å². The van der Waals surface area contributed by atoms with Gasteiger partial charge in [0.1, 0.15) is 11.5 Å².